The molecule has 1 saturated carbocycles. The summed E-state index contributed by atoms with van der Waals surface area (Å²) in [6, 6.07) is 0. The molecule has 0 aromatic carbocycles. The standard InChI is InChI=1S/C14H26O/c1-3-5-8-12(4-2)11-13-9-6-7-10-14(13)15/h12-13H,3-11H2,1-2H3/t12-,13+/m1/s1. The van der Waals surface area contributed by atoms with Gasteiger partial charge in [-0.15, -0.1) is 0 Å². The van der Waals surface area contributed by atoms with Gasteiger partial charge in [-0.25, -0.2) is 0 Å². The van der Waals surface area contributed by atoms with Crippen molar-refractivity contribution in [3.05, 3.63) is 0 Å². The van der Waals surface area contributed by atoms with Crippen LogP contribution in [0.3, 0.4) is 0 Å². The lowest BCUT2D eigenvalue weighted by Gasteiger charge is -2.24. The molecule has 2 atom stereocenters. The highest BCUT2D eigenvalue weighted by Crippen LogP contribution is 2.29. The van der Waals surface area contributed by atoms with Gasteiger partial charge in [0, 0.05) is 12.3 Å². The zero-order chi connectivity index (χ0) is 11.1. The number of hydrogen-bond acceptors (Lipinski definition) is 1. The molecule has 0 amide bonds. The molecular weight excluding hydrogens is 184 g/mol. The van der Waals surface area contributed by atoms with Crippen LogP contribution in [0.25, 0.3) is 0 Å². The predicted molar refractivity (Wildman–Crippen MR) is 64.9 cm³/mol. The van der Waals surface area contributed by atoms with Gasteiger partial charge < -0.3 is 0 Å². The lowest BCUT2D eigenvalue weighted by atomic mass is 9.80. The van der Waals surface area contributed by atoms with Crippen molar-refractivity contribution in [1.82, 2.24) is 0 Å². The summed E-state index contributed by atoms with van der Waals surface area (Å²) in [7, 11) is 0. The number of hydrogen-bond donors (Lipinski definition) is 0. The van der Waals surface area contributed by atoms with Crippen molar-refractivity contribution < 1.29 is 4.79 Å². The zero-order valence-corrected chi connectivity index (χ0v) is 10.4. The first kappa shape index (κ1) is 12.7. The number of rotatable bonds is 6. The fourth-order valence-electron chi connectivity index (χ4n) is 2.69. The minimum Gasteiger partial charge on any atom is -0.299 e. The lowest BCUT2D eigenvalue weighted by Crippen LogP contribution is -2.21. The summed E-state index contributed by atoms with van der Waals surface area (Å²) in [6.07, 6.45) is 10.8. The van der Waals surface area contributed by atoms with Crippen molar-refractivity contribution in [3.63, 3.8) is 0 Å². The van der Waals surface area contributed by atoms with Crippen LogP contribution in [0.2, 0.25) is 0 Å². The first-order valence-corrected chi connectivity index (χ1v) is 6.80. The molecule has 1 heteroatoms. The average molecular weight is 210 g/mol. The monoisotopic (exact) mass is 210 g/mol. The van der Waals surface area contributed by atoms with Crippen molar-refractivity contribution in [3.8, 4) is 0 Å². The molecule has 1 nitrogen and oxygen atoms in total. The van der Waals surface area contributed by atoms with Gasteiger partial charge in [-0.1, -0.05) is 46.0 Å². The number of unbranched alkanes of at least 4 members (excludes halogenated alkanes) is 1. The molecule has 0 spiro atoms. The highest BCUT2D eigenvalue weighted by molar-refractivity contribution is 5.81. The topological polar surface area (TPSA) is 17.1 Å². The average Bonchev–Trinajstić information content (AvgIpc) is 2.26. The molecule has 0 N–H and O–H groups in total. The van der Waals surface area contributed by atoms with Crippen molar-refractivity contribution in [2.45, 2.75) is 71.6 Å². The number of ketones is 1. The quantitative estimate of drug-likeness (QED) is 0.637. The molecule has 0 unspecified atom stereocenters. The maximum absolute atomic E-state index is 11.7. The minimum absolute atomic E-state index is 0.417. The Kier molecular flexibility index (Phi) is 5.97. The zero-order valence-electron chi connectivity index (χ0n) is 10.4. The Bertz CT molecular complexity index is 186. The van der Waals surface area contributed by atoms with E-state index in [4.69, 9.17) is 0 Å². The third-order valence-electron chi connectivity index (χ3n) is 3.84. The van der Waals surface area contributed by atoms with Gasteiger partial charge in [-0.05, 0) is 25.2 Å². The summed E-state index contributed by atoms with van der Waals surface area (Å²) in [5.41, 5.74) is 0. The molecule has 0 aliphatic heterocycles. The molecule has 0 saturated heterocycles. The molecule has 0 aromatic heterocycles. The number of carbonyl (C=O) groups excluding carboxylic acids is 1. The second kappa shape index (κ2) is 7.03. The van der Waals surface area contributed by atoms with Crippen molar-refractivity contribution in [2.75, 3.05) is 0 Å². The van der Waals surface area contributed by atoms with Crippen molar-refractivity contribution in [2.24, 2.45) is 11.8 Å². The Hall–Kier alpha value is -0.330. The van der Waals surface area contributed by atoms with Gasteiger partial charge in [0.1, 0.15) is 5.78 Å². The van der Waals surface area contributed by atoms with Gasteiger partial charge in [-0.3, -0.25) is 4.79 Å². The second-order valence-electron chi connectivity index (χ2n) is 5.06. The lowest BCUT2D eigenvalue weighted by molar-refractivity contribution is -0.125. The summed E-state index contributed by atoms with van der Waals surface area (Å²) in [4.78, 5) is 11.7. The van der Waals surface area contributed by atoms with E-state index >= 15 is 0 Å². The third-order valence-corrected chi connectivity index (χ3v) is 3.84. The molecule has 0 radical (unpaired) electrons. The molecule has 1 aliphatic carbocycles. The summed E-state index contributed by atoms with van der Waals surface area (Å²) in [5.74, 6) is 1.77. The van der Waals surface area contributed by atoms with Gasteiger partial charge in [0.05, 0.1) is 0 Å². The van der Waals surface area contributed by atoms with E-state index in [1.807, 2.05) is 0 Å². The predicted octanol–water partition coefficient (Wildman–Crippen LogP) is 4.35. The third kappa shape index (κ3) is 4.36. The van der Waals surface area contributed by atoms with Crippen LogP contribution in [0.1, 0.15) is 71.6 Å². The van der Waals surface area contributed by atoms with Gasteiger partial charge in [0.2, 0.25) is 0 Å². The van der Waals surface area contributed by atoms with Crippen molar-refractivity contribution >= 4 is 5.78 Å². The van der Waals surface area contributed by atoms with Crippen LogP contribution >= 0.6 is 0 Å². The fraction of sp³-hybridized carbons (Fsp3) is 0.929. The molecule has 15 heavy (non-hydrogen) atoms. The van der Waals surface area contributed by atoms with Crippen LogP contribution < -0.4 is 0 Å². The highest BCUT2D eigenvalue weighted by atomic mass is 16.1. The van der Waals surface area contributed by atoms with Crippen LogP contribution in [0, 0.1) is 11.8 Å². The Morgan fingerprint density at radius 3 is 2.73 bits per heavy atom. The molecule has 0 bridgehead atoms. The van der Waals surface area contributed by atoms with E-state index in [1.165, 1.54) is 44.9 Å². The van der Waals surface area contributed by atoms with Crippen LogP contribution in [0.4, 0.5) is 0 Å². The summed E-state index contributed by atoms with van der Waals surface area (Å²) in [6.45, 7) is 4.52. The molecule has 0 aromatic rings. The Balaban J connectivity index is 2.32. The number of Topliss-reactive ketones (excluding diaryl/α,β-unsaturated/α-hetero) is 1. The smallest absolute Gasteiger partial charge is 0.135 e. The molecule has 1 aliphatic rings. The van der Waals surface area contributed by atoms with E-state index in [0.717, 1.165) is 18.8 Å². The van der Waals surface area contributed by atoms with E-state index in [1.54, 1.807) is 0 Å². The highest BCUT2D eigenvalue weighted by Gasteiger charge is 2.24. The van der Waals surface area contributed by atoms with Crippen LogP contribution in [-0.4, -0.2) is 5.78 Å². The van der Waals surface area contributed by atoms with E-state index in [0.29, 0.717) is 11.7 Å². The molecule has 0 heterocycles. The summed E-state index contributed by atoms with van der Waals surface area (Å²) < 4.78 is 0. The van der Waals surface area contributed by atoms with Crippen LogP contribution in [0.5, 0.6) is 0 Å². The fourth-order valence-corrected chi connectivity index (χ4v) is 2.69. The van der Waals surface area contributed by atoms with E-state index < -0.39 is 0 Å². The molecule has 1 rings (SSSR count). The SMILES string of the molecule is CCCC[C@@H](CC)C[C@@H]1CCCCC1=O. The Morgan fingerprint density at radius 2 is 2.13 bits per heavy atom. The maximum atomic E-state index is 11.7. The van der Waals surface area contributed by atoms with Gasteiger partial charge in [-0.2, -0.15) is 0 Å². The summed E-state index contributed by atoms with van der Waals surface area (Å²) in [5, 5.41) is 0. The minimum atomic E-state index is 0.417. The Labute approximate surface area is 94.6 Å². The van der Waals surface area contributed by atoms with Gasteiger partial charge >= 0.3 is 0 Å². The summed E-state index contributed by atoms with van der Waals surface area (Å²) >= 11 is 0. The molecule has 88 valence electrons. The van der Waals surface area contributed by atoms with Crippen LogP contribution in [-0.2, 0) is 4.79 Å². The molecule has 1 fully saturated rings. The van der Waals surface area contributed by atoms with E-state index in [9.17, 15) is 4.79 Å². The van der Waals surface area contributed by atoms with E-state index in [2.05, 4.69) is 13.8 Å². The second-order valence-corrected chi connectivity index (χ2v) is 5.06. The maximum Gasteiger partial charge on any atom is 0.135 e. The first-order chi connectivity index (χ1) is 7.27. The van der Waals surface area contributed by atoms with E-state index in [-0.39, 0.29) is 0 Å². The first-order valence-electron chi connectivity index (χ1n) is 6.80. The van der Waals surface area contributed by atoms with Crippen LogP contribution in [0.15, 0.2) is 0 Å². The number of carbonyl (C=O) groups is 1. The van der Waals surface area contributed by atoms with Gasteiger partial charge in [0.15, 0.2) is 0 Å². The van der Waals surface area contributed by atoms with Gasteiger partial charge in [0.25, 0.3) is 0 Å². The largest absolute Gasteiger partial charge is 0.299 e. The van der Waals surface area contributed by atoms with Crippen molar-refractivity contribution in [1.29, 1.82) is 0 Å². The Morgan fingerprint density at radius 1 is 1.33 bits per heavy atom. The molecular formula is C14H26O. The normalized spacial score (nSPS) is 24.1.